The third-order valence-electron chi connectivity index (χ3n) is 3.13. The van der Waals surface area contributed by atoms with Gasteiger partial charge in [-0.15, -0.1) is 0 Å². The average Bonchev–Trinajstić information content (AvgIpc) is 2.36. The van der Waals surface area contributed by atoms with Crippen molar-refractivity contribution in [1.82, 2.24) is 9.97 Å². The lowest BCUT2D eigenvalue weighted by Crippen LogP contribution is -2.23. The van der Waals surface area contributed by atoms with Crippen molar-refractivity contribution in [3.05, 3.63) is 11.4 Å². The van der Waals surface area contributed by atoms with Gasteiger partial charge in [0.15, 0.2) is 0 Å². The van der Waals surface area contributed by atoms with Crippen LogP contribution >= 0.6 is 0 Å². The van der Waals surface area contributed by atoms with E-state index in [1.165, 1.54) is 0 Å². The first-order chi connectivity index (χ1) is 9.03. The number of carbonyl (C=O) groups is 1. The van der Waals surface area contributed by atoms with Gasteiger partial charge in [0, 0.05) is 5.92 Å². The lowest BCUT2D eigenvalue weighted by molar-refractivity contribution is -0.120. The predicted octanol–water partition coefficient (Wildman–Crippen LogP) is 2.87. The molecule has 0 saturated carbocycles. The molecule has 0 spiro atoms. The van der Waals surface area contributed by atoms with Crippen LogP contribution in [0.4, 0.5) is 5.69 Å². The third-order valence-corrected chi connectivity index (χ3v) is 3.13. The molecule has 1 amide bonds. The summed E-state index contributed by atoms with van der Waals surface area (Å²) < 4.78 is 5.28. The van der Waals surface area contributed by atoms with Crippen molar-refractivity contribution in [2.75, 3.05) is 11.9 Å². The Hall–Kier alpha value is -1.65. The molecule has 0 unspecified atom stereocenters. The summed E-state index contributed by atoms with van der Waals surface area (Å²) in [5.41, 5.74) is 2.16. The largest absolute Gasteiger partial charge is 0.464 e. The normalized spacial score (nSPS) is 10.6. The Morgan fingerprint density at radius 2 is 1.68 bits per heavy atom. The number of amides is 1. The van der Waals surface area contributed by atoms with Gasteiger partial charge in [-0.3, -0.25) is 4.79 Å². The van der Waals surface area contributed by atoms with Crippen molar-refractivity contribution in [3.8, 4) is 6.01 Å². The van der Waals surface area contributed by atoms with Crippen molar-refractivity contribution >= 4 is 11.6 Å². The minimum absolute atomic E-state index is 0.0314. The van der Waals surface area contributed by atoms with Crippen molar-refractivity contribution in [3.63, 3.8) is 0 Å². The molecule has 0 aromatic carbocycles. The van der Waals surface area contributed by atoms with Crippen LogP contribution in [0.15, 0.2) is 0 Å². The first-order valence-corrected chi connectivity index (χ1v) is 6.82. The Balaban J connectivity index is 2.92. The number of aryl methyl sites for hydroxylation is 2. The summed E-state index contributed by atoms with van der Waals surface area (Å²) in [7, 11) is 0. The van der Waals surface area contributed by atoms with Gasteiger partial charge in [0.05, 0.1) is 23.7 Å². The van der Waals surface area contributed by atoms with Gasteiger partial charge >= 0.3 is 6.01 Å². The molecular weight excluding hydrogens is 242 g/mol. The second-order valence-corrected chi connectivity index (χ2v) is 4.49. The molecule has 19 heavy (non-hydrogen) atoms. The van der Waals surface area contributed by atoms with E-state index in [1.807, 2.05) is 34.6 Å². The number of hydrogen-bond acceptors (Lipinski definition) is 4. The maximum atomic E-state index is 12.1. The third kappa shape index (κ3) is 3.91. The molecule has 1 aromatic heterocycles. The fraction of sp³-hybridized carbons (Fsp3) is 0.643. The number of carbonyl (C=O) groups excluding carboxylic acids is 1. The molecule has 0 radical (unpaired) electrons. The number of anilines is 1. The van der Waals surface area contributed by atoms with E-state index in [-0.39, 0.29) is 11.8 Å². The topological polar surface area (TPSA) is 64.1 Å². The van der Waals surface area contributed by atoms with Crippen LogP contribution in [0.25, 0.3) is 0 Å². The quantitative estimate of drug-likeness (QED) is 0.859. The van der Waals surface area contributed by atoms with Crippen molar-refractivity contribution in [2.24, 2.45) is 5.92 Å². The zero-order valence-electron chi connectivity index (χ0n) is 12.4. The van der Waals surface area contributed by atoms with Crippen LogP contribution < -0.4 is 10.1 Å². The van der Waals surface area contributed by atoms with Crippen LogP contribution in [0.2, 0.25) is 0 Å². The van der Waals surface area contributed by atoms with Gasteiger partial charge < -0.3 is 10.1 Å². The molecule has 106 valence electrons. The zero-order chi connectivity index (χ0) is 14.4. The highest BCUT2D eigenvalue weighted by atomic mass is 16.5. The van der Waals surface area contributed by atoms with E-state index >= 15 is 0 Å². The van der Waals surface area contributed by atoms with E-state index in [0.717, 1.165) is 24.2 Å². The number of ether oxygens (including phenoxy) is 1. The number of nitrogens with one attached hydrogen (secondary N) is 1. The molecule has 0 bridgehead atoms. The summed E-state index contributed by atoms with van der Waals surface area (Å²) in [6, 6.07) is 0.359. The van der Waals surface area contributed by atoms with Gasteiger partial charge in [0.2, 0.25) is 5.91 Å². The van der Waals surface area contributed by atoms with E-state index in [9.17, 15) is 4.79 Å². The Labute approximate surface area is 114 Å². The van der Waals surface area contributed by atoms with Crippen LogP contribution in [0, 0.1) is 19.8 Å². The molecule has 0 aliphatic rings. The Morgan fingerprint density at radius 1 is 1.16 bits per heavy atom. The maximum Gasteiger partial charge on any atom is 0.316 e. The molecular formula is C14H23N3O2. The molecule has 1 aromatic rings. The van der Waals surface area contributed by atoms with Gasteiger partial charge in [-0.2, -0.15) is 9.97 Å². The smallest absolute Gasteiger partial charge is 0.316 e. The summed E-state index contributed by atoms with van der Waals surface area (Å²) in [6.07, 6.45) is 1.66. The highest BCUT2D eigenvalue weighted by Crippen LogP contribution is 2.21. The van der Waals surface area contributed by atoms with Crippen LogP contribution in [0.1, 0.15) is 45.0 Å². The number of nitrogens with zero attached hydrogens (tertiary/aromatic N) is 2. The van der Waals surface area contributed by atoms with E-state index in [0.29, 0.717) is 18.3 Å². The molecule has 0 aliphatic carbocycles. The van der Waals surface area contributed by atoms with Gasteiger partial charge in [-0.1, -0.05) is 13.8 Å². The minimum Gasteiger partial charge on any atom is -0.464 e. The Morgan fingerprint density at radius 3 is 2.11 bits per heavy atom. The van der Waals surface area contributed by atoms with Gasteiger partial charge in [0.1, 0.15) is 0 Å². The summed E-state index contributed by atoms with van der Waals surface area (Å²) in [4.78, 5) is 20.6. The number of aromatic nitrogens is 2. The second-order valence-electron chi connectivity index (χ2n) is 4.49. The Kier molecular flexibility index (Phi) is 5.73. The van der Waals surface area contributed by atoms with Gasteiger partial charge in [0.25, 0.3) is 0 Å². The number of hydrogen-bond donors (Lipinski definition) is 1. The number of rotatable bonds is 6. The lowest BCUT2D eigenvalue weighted by atomic mass is 10.0. The molecule has 0 atom stereocenters. The highest BCUT2D eigenvalue weighted by molar-refractivity contribution is 5.93. The summed E-state index contributed by atoms with van der Waals surface area (Å²) in [5, 5.41) is 2.93. The molecule has 5 heteroatoms. The monoisotopic (exact) mass is 265 g/mol. The van der Waals surface area contributed by atoms with Gasteiger partial charge in [-0.05, 0) is 33.6 Å². The fourth-order valence-electron chi connectivity index (χ4n) is 1.94. The van der Waals surface area contributed by atoms with E-state index in [2.05, 4.69) is 15.3 Å². The lowest BCUT2D eigenvalue weighted by Gasteiger charge is -2.16. The molecule has 1 heterocycles. The fourth-order valence-corrected chi connectivity index (χ4v) is 1.94. The van der Waals surface area contributed by atoms with Crippen LogP contribution in [-0.4, -0.2) is 22.5 Å². The van der Waals surface area contributed by atoms with E-state index in [1.54, 1.807) is 0 Å². The Bertz CT molecular complexity index is 419. The highest BCUT2D eigenvalue weighted by Gasteiger charge is 2.17. The second kappa shape index (κ2) is 7.07. The average molecular weight is 265 g/mol. The minimum atomic E-state index is 0.0314. The summed E-state index contributed by atoms with van der Waals surface area (Å²) in [5.74, 6) is 0.0642. The first kappa shape index (κ1) is 15.4. The SMILES string of the molecule is CCOc1nc(C)c(NC(=O)C(CC)CC)c(C)n1. The molecule has 0 saturated heterocycles. The van der Waals surface area contributed by atoms with Crippen molar-refractivity contribution in [2.45, 2.75) is 47.5 Å². The first-order valence-electron chi connectivity index (χ1n) is 6.82. The zero-order valence-corrected chi connectivity index (χ0v) is 12.4. The van der Waals surface area contributed by atoms with E-state index < -0.39 is 0 Å². The standard InChI is InChI=1S/C14H23N3O2/c1-6-11(7-2)13(18)17-12-9(4)15-14(19-8-3)16-10(12)5/h11H,6-8H2,1-5H3,(H,17,18). The van der Waals surface area contributed by atoms with Crippen molar-refractivity contribution < 1.29 is 9.53 Å². The molecule has 0 aliphatic heterocycles. The van der Waals surface area contributed by atoms with Crippen LogP contribution in [-0.2, 0) is 4.79 Å². The summed E-state index contributed by atoms with van der Waals surface area (Å²) >= 11 is 0. The van der Waals surface area contributed by atoms with Gasteiger partial charge in [-0.25, -0.2) is 0 Å². The molecule has 1 N–H and O–H groups in total. The van der Waals surface area contributed by atoms with E-state index in [4.69, 9.17) is 4.74 Å². The molecule has 5 nitrogen and oxygen atoms in total. The van der Waals surface area contributed by atoms with Crippen LogP contribution in [0.5, 0.6) is 6.01 Å². The summed E-state index contributed by atoms with van der Waals surface area (Å²) in [6.45, 7) is 10.1. The van der Waals surface area contributed by atoms with Crippen molar-refractivity contribution in [1.29, 1.82) is 0 Å². The predicted molar refractivity (Wildman–Crippen MR) is 75.4 cm³/mol. The maximum absolute atomic E-state index is 12.1. The van der Waals surface area contributed by atoms with Crippen LogP contribution in [0.3, 0.4) is 0 Å². The molecule has 0 fully saturated rings. The molecule has 1 rings (SSSR count).